The summed E-state index contributed by atoms with van der Waals surface area (Å²) in [4.78, 5) is 0. The third-order valence-corrected chi connectivity index (χ3v) is 2.77. The van der Waals surface area contributed by atoms with Crippen LogP contribution in [0.3, 0.4) is 0 Å². The molecule has 1 unspecified atom stereocenters. The van der Waals surface area contributed by atoms with E-state index in [-0.39, 0.29) is 0 Å². The fourth-order valence-electron chi connectivity index (χ4n) is 2.09. The van der Waals surface area contributed by atoms with Crippen LogP contribution in [0.15, 0.2) is 24.3 Å². The molecule has 0 amide bonds. The molecule has 1 aliphatic rings. The van der Waals surface area contributed by atoms with Gasteiger partial charge in [0, 0.05) is 6.04 Å². The highest BCUT2D eigenvalue weighted by Gasteiger charge is 2.20. The summed E-state index contributed by atoms with van der Waals surface area (Å²) in [5, 5.41) is 3.59. The van der Waals surface area contributed by atoms with Gasteiger partial charge >= 0.3 is 0 Å². The van der Waals surface area contributed by atoms with Crippen LogP contribution in [-0.2, 0) is 6.42 Å². The second-order valence-corrected chi connectivity index (χ2v) is 3.74. The molecule has 70 valence electrons. The molecule has 0 bridgehead atoms. The van der Waals surface area contributed by atoms with Crippen molar-refractivity contribution >= 4 is 0 Å². The van der Waals surface area contributed by atoms with Crippen LogP contribution in [0.4, 0.5) is 0 Å². The first-order chi connectivity index (χ1) is 6.42. The predicted molar refractivity (Wildman–Crippen MR) is 55.8 cm³/mol. The Labute approximate surface area is 80.2 Å². The maximum Gasteiger partial charge on any atom is 0.0326 e. The molecule has 0 saturated heterocycles. The highest BCUT2D eigenvalue weighted by Crippen LogP contribution is 2.30. The van der Waals surface area contributed by atoms with E-state index in [1.807, 2.05) is 0 Å². The predicted octanol–water partition coefficient (Wildman–Crippen LogP) is 2.67. The third kappa shape index (κ3) is 1.75. The van der Waals surface area contributed by atoms with Crippen molar-refractivity contribution in [2.75, 3.05) is 6.54 Å². The summed E-state index contributed by atoms with van der Waals surface area (Å²) in [6.45, 7) is 3.35. The summed E-state index contributed by atoms with van der Waals surface area (Å²) in [5.41, 5.74) is 3.06. The average molecular weight is 175 g/mol. The summed E-state index contributed by atoms with van der Waals surface area (Å²) >= 11 is 0. The Bertz CT molecular complexity index is 280. The van der Waals surface area contributed by atoms with Crippen molar-refractivity contribution in [1.82, 2.24) is 5.32 Å². The highest BCUT2D eigenvalue weighted by atomic mass is 14.9. The fourth-order valence-corrected chi connectivity index (χ4v) is 2.09. The number of fused-ring (bicyclic) bond motifs is 1. The van der Waals surface area contributed by atoms with E-state index in [9.17, 15) is 0 Å². The number of benzene rings is 1. The van der Waals surface area contributed by atoms with Crippen molar-refractivity contribution in [3.63, 3.8) is 0 Å². The molecule has 0 spiro atoms. The van der Waals surface area contributed by atoms with Gasteiger partial charge < -0.3 is 5.32 Å². The Morgan fingerprint density at radius 1 is 1.38 bits per heavy atom. The smallest absolute Gasteiger partial charge is 0.0326 e. The van der Waals surface area contributed by atoms with Gasteiger partial charge in [0.05, 0.1) is 0 Å². The second-order valence-electron chi connectivity index (χ2n) is 3.74. The van der Waals surface area contributed by atoms with E-state index in [0.717, 1.165) is 6.54 Å². The molecular formula is C12H17N. The summed E-state index contributed by atoms with van der Waals surface area (Å²) in [6, 6.07) is 9.42. The van der Waals surface area contributed by atoms with Crippen molar-refractivity contribution in [1.29, 1.82) is 0 Å². The first-order valence-corrected chi connectivity index (χ1v) is 5.23. The minimum atomic E-state index is 0.621. The van der Waals surface area contributed by atoms with E-state index in [1.165, 1.54) is 30.4 Å². The number of nitrogens with one attached hydrogen (secondary N) is 1. The zero-order chi connectivity index (χ0) is 9.10. The van der Waals surface area contributed by atoms with Crippen LogP contribution in [0.25, 0.3) is 0 Å². The molecule has 1 N–H and O–H groups in total. The van der Waals surface area contributed by atoms with E-state index in [0.29, 0.717) is 6.04 Å². The highest BCUT2D eigenvalue weighted by molar-refractivity contribution is 5.34. The number of rotatable bonds is 3. The maximum absolute atomic E-state index is 3.59. The van der Waals surface area contributed by atoms with Gasteiger partial charge in [-0.15, -0.1) is 0 Å². The minimum Gasteiger partial charge on any atom is -0.310 e. The van der Waals surface area contributed by atoms with E-state index in [1.54, 1.807) is 0 Å². The van der Waals surface area contributed by atoms with Crippen LogP contribution in [0.2, 0.25) is 0 Å². The zero-order valence-corrected chi connectivity index (χ0v) is 8.22. The lowest BCUT2D eigenvalue weighted by Gasteiger charge is -2.12. The lowest BCUT2D eigenvalue weighted by atomic mass is 10.1. The zero-order valence-electron chi connectivity index (χ0n) is 8.22. The minimum absolute atomic E-state index is 0.621. The molecule has 0 saturated carbocycles. The Morgan fingerprint density at radius 3 is 3.08 bits per heavy atom. The Balaban J connectivity index is 2.09. The van der Waals surface area contributed by atoms with E-state index >= 15 is 0 Å². The van der Waals surface area contributed by atoms with Crippen LogP contribution in [-0.4, -0.2) is 6.54 Å². The van der Waals surface area contributed by atoms with Crippen LogP contribution in [0, 0.1) is 0 Å². The van der Waals surface area contributed by atoms with Gasteiger partial charge in [-0.1, -0.05) is 31.2 Å². The van der Waals surface area contributed by atoms with Gasteiger partial charge in [-0.05, 0) is 36.9 Å². The quantitative estimate of drug-likeness (QED) is 0.744. The molecule has 0 fully saturated rings. The molecule has 0 heterocycles. The first-order valence-electron chi connectivity index (χ1n) is 5.23. The largest absolute Gasteiger partial charge is 0.310 e. The van der Waals surface area contributed by atoms with E-state index in [4.69, 9.17) is 0 Å². The standard InChI is InChI=1S/C12H17N/c1-2-9-13-12-8-7-10-5-3-4-6-11(10)12/h3-6,12-13H,2,7-9H2,1H3. The summed E-state index contributed by atoms with van der Waals surface area (Å²) in [5.74, 6) is 0. The first kappa shape index (κ1) is 8.76. The van der Waals surface area contributed by atoms with Crippen molar-refractivity contribution in [2.24, 2.45) is 0 Å². The third-order valence-electron chi connectivity index (χ3n) is 2.77. The molecule has 0 radical (unpaired) electrons. The average Bonchev–Trinajstić information content (AvgIpc) is 2.58. The molecule has 1 aromatic rings. The van der Waals surface area contributed by atoms with Crippen molar-refractivity contribution in [3.05, 3.63) is 35.4 Å². The van der Waals surface area contributed by atoms with Crippen LogP contribution >= 0.6 is 0 Å². The van der Waals surface area contributed by atoms with Crippen molar-refractivity contribution in [3.8, 4) is 0 Å². The van der Waals surface area contributed by atoms with Gasteiger partial charge in [-0.3, -0.25) is 0 Å². The molecule has 2 rings (SSSR count). The molecule has 1 atom stereocenters. The van der Waals surface area contributed by atoms with Gasteiger partial charge in [0.2, 0.25) is 0 Å². The van der Waals surface area contributed by atoms with Crippen molar-refractivity contribution in [2.45, 2.75) is 32.2 Å². The maximum atomic E-state index is 3.59. The van der Waals surface area contributed by atoms with Crippen LogP contribution in [0.1, 0.15) is 36.9 Å². The Morgan fingerprint density at radius 2 is 2.23 bits per heavy atom. The summed E-state index contributed by atoms with van der Waals surface area (Å²) in [7, 11) is 0. The summed E-state index contributed by atoms with van der Waals surface area (Å²) in [6.07, 6.45) is 3.75. The van der Waals surface area contributed by atoms with E-state index in [2.05, 4.69) is 36.5 Å². The molecule has 0 aromatic heterocycles. The normalized spacial score (nSPS) is 20.2. The number of hydrogen-bond acceptors (Lipinski definition) is 1. The lowest BCUT2D eigenvalue weighted by molar-refractivity contribution is 0.529. The topological polar surface area (TPSA) is 12.0 Å². The summed E-state index contributed by atoms with van der Waals surface area (Å²) < 4.78 is 0. The Hall–Kier alpha value is -0.820. The molecule has 1 nitrogen and oxygen atoms in total. The molecule has 1 heteroatoms. The monoisotopic (exact) mass is 175 g/mol. The van der Waals surface area contributed by atoms with Gasteiger partial charge in [-0.25, -0.2) is 0 Å². The molecule has 1 aliphatic carbocycles. The van der Waals surface area contributed by atoms with Gasteiger partial charge in [0.1, 0.15) is 0 Å². The molecule has 13 heavy (non-hydrogen) atoms. The molecular weight excluding hydrogens is 158 g/mol. The lowest BCUT2D eigenvalue weighted by Crippen LogP contribution is -2.19. The van der Waals surface area contributed by atoms with Gasteiger partial charge in [0.15, 0.2) is 0 Å². The number of aryl methyl sites for hydroxylation is 1. The second kappa shape index (κ2) is 3.93. The molecule has 0 aliphatic heterocycles. The van der Waals surface area contributed by atoms with E-state index < -0.39 is 0 Å². The van der Waals surface area contributed by atoms with Crippen LogP contribution < -0.4 is 5.32 Å². The fraction of sp³-hybridized carbons (Fsp3) is 0.500. The SMILES string of the molecule is CCCNC1CCc2ccccc21. The Kier molecular flexibility index (Phi) is 2.65. The van der Waals surface area contributed by atoms with Gasteiger partial charge in [-0.2, -0.15) is 0 Å². The number of hydrogen-bond donors (Lipinski definition) is 1. The van der Waals surface area contributed by atoms with Gasteiger partial charge in [0.25, 0.3) is 0 Å². The molecule has 1 aromatic carbocycles. The van der Waals surface area contributed by atoms with Crippen molar-refractivity contribution < 1.29 is 0 Å². The van der Waals surface area contributed by atoms with Crippen LogP contribution in [0.5, 0.6) is 0 Å².